The Morgan fingerprint density at radius 3 is 2.71 bits per heavy atom. The lowest BCUT2D eigenvalue weighted by molar-refractivity contribution is -0.0796. The summed E-state index contributed by atoms with van der Waals surface area (Å²) in [4.78, 5) is 2.36. The van der Waals surface area contributed by atoms with Gasteiger partial charge in [0.15, 0.2) is 0 Å². The van der Waals surface area contributed by atoms with Gasteiger partial charge < -0.3 is 19.5 Å². The normalized spacial score (nSPS) is 22.2. The number of nitrogens with zero attached hydrogens (tertiary/aromatic N) is 1. The van der Waals surface area contributed by atoms with Crippen LogP contribution in [-0.4, -0.2) is 49.0 Å². The Morgan fingerprint density at radius 2 is 2.19 bits per heavy atom. The van der Waals surface area contributed by atoms with Crippen molar-refractivity contribution in [3.8, 4) is 5.75 Å². The molecule has 4 nitrogen and oxygen atoms in total. The van der Waals surface area contributed by atoms with E-state index >= 15 is 0 Å². The van der Waals surface area contributed by atoms with Crippen LogP contribution in [0.5, 0.6) is 5.75 Å². The highest BCUT2D eigenvalue weighted by atomic mass is 35.5. The lowest BCUT2D eigenvalue weighted by atomic mass is 9.96. The number of aliphatic hydroxyl groups excluding tert-OH is 1. The van der Waals surface area contributed by atoms with E-state index in [0.717, 1.165) is 25.2 Å². The van der Waals surface area contributed by atoms with Crippen LogP contribution in [0.1, 0.15) is 25.0 Å². The average Bonchev–Trinajstić information content (AvgIpc) is 2.38. The molecule has 0 spiro atoms. The van der Waals surface area contributed by atoms with Crippen LogP contribution in [-0.2, 0) is 4.74 Å². The molecule has 0 radical (unpaired) electrons. The summed E-state index contributed by atoms with van der Waals surface area (Å²) in [6.07, 6.45) is 0.874. The average molecular weight is 312 g/mol. The summed E-state index contributed by atoms with van der Waals surface area (Å²) in [7, 11) is 0. The minimum atomic E-state index is -0.496. The second kappa shape index (κ2) is 6.53. The van der Waals surface area contributed by atoms with E-state index in [1.807, 2.05) is 18.2 Å². The Bertz CT molecular complexity index is 488. The lowest BCUT2D eigenvalue weighted by Gasteiger charge is -2.34. The van der Waals surface area contributed by atoms with Crippen molar-refractivity contribution < 1.29 is 14.6 Å². The van der Waals surface area contributed by atoms with E-state index in [4.69, 9.17) is 21.1 Å². The van der Waals surface area contributed by atoms with Gasteiger partial charge in [0.1, 0.15) is 11.9 Å². The Labute approximate surface area is 130 Å². The van der Waals surface area contributed by atoms with Crippen molar-refractivity contribution >= 4 is 11.6 Å². The van der Waals surface area contributed by atoms with Crippen molar-refractivity contribution in [2.75, 3.05) is 32.8 Å². The summed E-state index contributed by atoms with van der Waals surface area (Å²) >= 11 is 6.26. The molecule has 2 saturated heterocycles. The zero-order valence-corrected chi connectivity index (χ0v) is 13.1. The molecule has 0 bridgehead atoms. The van der Waals surface area contributed by atoms with Gasteiger partial charge in [-0.15, -0.1) is 0 Å². The number of rotatable bonds is 6. The fraction of sp³-hybridized carbons (Fsp3) is 0.625. The molecule has 0 aromatic heterocycles. The van der Waals surface area contributed by atoms with E-state index in [0.29, 0.717) is 24.0 Å². The first kappa shape index (κ1) is 15.1. The van der Waals surface area contributed by atoms with E-state index in [1.165, 1.54) is 6.42 Å². The highest BCUT2D eigenvalue weighted by molar-refractivity contribution is 6.32. The third kappa shape index (κ3) is 3.51. The van der Waals surface area contributed by atoms with Gasteiger partial charge in [-0.2, -0.15) is 0 Å². The fourth-order valence-corrected chi connectivity index (χ4v) is 2.89. The Balaban J connectivity index is 1.62. The Hall–Kier alpha value is -0.810. The number of aliphatic hydroxyl groups is 1. The van der Waals surface area contributed by atoms with Gasteiger partial charge >= 0.3 is 0 Å². The number of halogens is 1. The number of hydrogen-bond acceptors (Lipinski definition) is 4. The first-order valence-electron chi connectivity index (χ1n) is 7.58. The molecule has 1 N–H and O–H groups in total. The maximum Gasteiger partial charge on any atom is 0.145 e. The van der Waals surface area contributed by atoms with Crippen LogP contribution >= 0.6 is 11.6 Å². The summed E-state index contributed by atoms with van der Waals surface area (Å²) in [5.74, 6) is 0.851. The summed E-state index contributed by atoms with van der Waals surface area (Å²) in [5, 5.41) is 11.0. The quantitative estimate of drug-likeness (QED) is 0.876. The Kier molecular flexibility index (Phi) is 4.69. The van der Waals surface area contributed by atoms with E-state index in [-0.39, 0.29) is 12.0 Å². The summed E-state index contributed by atoms with van der Waals surface area (Å²) in [6.45, 7) is 6.53. The van der Waals surface area contributed by atoms with Gasteiger partial charge in [-0.3, -0.25) is 0 Å². The van der Waals surface area contributed by atoms with Gasteiger partial charge in [-0.05, 0) is 43.1 Å². The van der Waals surface area contributed by atoms with E-state index in [1.54, 1.807) is 0 Å². The van der Waals surface area contributed by atoms with Gasteiger partial charge in [0, 0.05) is 6.54 Å². The van der Waals surface area contributed by atoms with Crippen molar-refractivity contribution in [3.63, 3.8) is 0 Å². The second-order valence-electron chi connectivity index (χ2n) is 6.04. The highest BCUT2D eigenvalue weighted by Gasteiger charge is 2.24. The number of hydrogen-bond donors (Lipinski definition) is 1. The van der Waals surface area contributed by atoms with Crippen molar-refractivity contribution in [1.29, 1.82) is 0 Å². The summed E-state index contributed by atoms with van der Waals surface area (Å²) in [6, 6.07) is 5.56. The smallest absolute Gasteiger partial charge is 0.145 e. The van der Waals surface area contributed by atoms with Crippen LogP contribution in [0, 0.1) is 5.92 Å². The molecule has 2 heterocycles. The van der Waals surface area contributed by atoms with Gasteiger partial charge in [0.2, 0.25) is 0 Å². The monoisotopic (exact) mass is 311 g/mol. The van der Waals surface area contributed by atoms with Crippen LogP contribution < -0.4 is 4.74 Å². The number of likely N-dealkylation sites (tertiary alicyclic amines) is 1. The van der Waals surface area contributed by atoms with Crippen LogP contribution in [0.4, 0.5) is 0 Å². The molecule has 116 valence electrons. The van der Waals surface area contributed by atoms with E-state index in [9.17, 15) is 5.11 Å². The van der Waals surface area contributed by atoms with Gasteiger partial charge in [-0.1, -0.05) is 24.6 Å². The number of ether oxygens (including phenoxy) is 2. The van der Waals surface area contributed by atoms with Crippen LogP contribution in [0.3, 0.4) is 0 Å². The molecule has 1 aromatic rings. The molecule has 0 amide bonds. The minimum absolute atomic E-state index is 0.101. The molecule has 2 aliphatic heterocycles. The largest absolute Gasteiger partial charge is 0.484 e. The zero-order valence-electron chi connectivity index (χ0n) is 12.3. The Morgan fingerprint density at radius 1 is 1.43 bits per heavy atom. The van der Waals surface area contributed by atoms with Gasteiger partial charge in [0.05, 0.1) is 24.3 Å². The zero-order chi connectivity index (χ0) is 14.8. The second-order valence-corrected chi connectivity index (χ2v) is 6.45. The first-order chi connectivity index (χ1) is 10.1. The summed E-state index contributed by atoms with van der Waals surface area (Å²) in [5.41, 5.74) is 0.852. The molecule has 0 unspecified atom stereocenters. The molecule has 3 rings (SSSR count). The van der Waals surface area contributed by atoms with Crippen molar-refractivity contribution in [2.24, 2.45) is 5.92 Å². The first-order valence-corrected chi connectivity index (χ1v) is 7.95. The van der Waals surface area contributed by atoms with Crippen molar-refractivity contribution in [3.05, 3.63) is 28.8 Å². The summed E-state index contributed by atoms with van der Waals surface area (Å²) < 4.78 is 10.8. The molecule has 0 saturated carbocycles. The molecular weight excluding hydrogens is 290 g/mol. The third-order valence-electron chi connectivity index (χ3n) is 4.23. The molecule has 1 aromatic carbocycles. The lowest BCUT2D eigenvalue weighted by Crippen LogP contribution is -2.41. The standard InChI is InChI=1S/C16H22ClNO3/c1-11(8-18-5-2-6-18)16(19)12-3-4-15(14(17)7-12)21-13-9-20-10-13/h3-4,7,11,13,16,19H,2,5-6,8-10H2,1H3/t11-,16+/m1/s1. The van der Waals surface area contributed by atoms with Crippen LogP contribution in [0.15, 0.2) is 18.2 Å². The molecule has 5 heteroatoms. The molecular formula is C16H22ClNO3. The number of benzene rings is 1. The van der Waals surface area contributed by atoms with E-state index in [2.05, 4.69) is 11.8 Å². The van der Waals surface area contributed by atoms with E-state index < -0.39 is 6.10 Å². The molecule has 2 aliphatic rings. The van der Waals surface area contributed by atoms with Crippen molar-refractivity contribution in [2.45, 2.75) is 25.6 Å². The molecule has 2 atom stereocenters. The predicted octanol–water partition coefficient (Wildman–Crippen LogP) is 2.49. The highest BCUT2D eigenvalue weighted by Crippen LogP contribution is 2.32. The molecule has 21 heavy (non-hydrogen) atoms. The van der Waals surface area contributed by atoms with Crippen molar-refractivity contribution in [1.82, 2.24) is 4.90 Å². The molecule has 0 aliphatic carbocycles. The fourth-order valence-electron chi connectivity index (χ4n) is 2.66. The topological polar surface area (TPSA) is 41.9 Å². The minimum Gasteiger partial charge on any atom is -0.484 e. The third-order valence-corrected chi connectivity index (χ3v) is 4.53. The molecule has 2 fully saturated rings. The van der Waals surface area contributed by atoms with Crippen LogP contribution in [0.2, 0.25) is 5.02 Å². The maximum atomic E-state index is 10.5. The van der Waals surface area contributed by atoms with Crippen LogP contribution in [0.25, 0.3) is 0 Å². The van der Waals surface area contributed by atoms with Gasteiger partial charge in [-0.25, -0.2) is 0 Å². The SMILES string of the molecule is C[C@H](CN1CCC1)[C@H](O)c1ccc(OC2COC2)c(Cl)c1. The predicted molar refractivity (Wildman–Crippen MR) is 81.9 cm³/mol. The van der Waals surface area contributed by atoms with Gasteiger partial charge in [0.25, 0.3) is 0 Å². The maximum absolute atomic E-state index is 10.5.